The Hall–Kier alpha value is -0.640. The quantitative estimate of drug-likeness (QED) is 0.517. The molecule has 0 aromatic rings. The van der Waals surface area contributed by atoms with Crippen LogP contribution in [0.15, 0.2) is 0 Å². The summed E-state index contributed by atoms with van der Waals surface area (Å²) in [6.45, 7) is 5.16. The van der Waals surface area contributed by atoms with E-state index in [2.05, 4.69) is 9.47 Å². The van der Waals surface area contributed by atoms with Gasteiger partial charge in [-0.15, -0.1) is 8.78 Å². The maximum atomic E-state index is 15.0. The molecule has 150 valence electrons. The van der Waals surface area contributed by atoms with Crippen LogP contribution < -0.4 is 0 Å². The summed E-state index contributed by atoms with van der Waals surface area (Å²) in [5, 5.41) is 0. The summed E-state index contributed by atoms with van der Waals surface area (Å²) in [6.07, 6.45) is -6.39. The molecule has 0 saturated carbocycles. The fraction of sp³-hybridized carbons (Fsp3) is 1.00. The smallest absolute Gasteiger partial charge is 0.246 e. The highest BCUT2D eigenvalue weighted by Gasteiger charge is 2.91. The fourth-order valence-corrected chi connectivity index (χ4v) is 2.33. The first-order valence-electron chi connectivity index (χ1n) is 7.70. The van der Waals surface area contributed by atoms with Gasteiger partial charge in [0.2, 0.25) is 0 Å². The van der Waals surface area contributed by atoms with Gasteiger partial charge in [0, 0.05) is 10.8 Å². The van der Waals surface area contributed by atoms with Crippen LogP contribution in [0, 0.1) is 10.8 Å². The molecule has 0 spiro atoms. The molecule has 1 fully saturated rings. The maximum absolute atomic E-state index is 15.0. The van der Waals surface area contributed by atoms with Crippen molar-refractivity contribution in [2.45, 2.75) is 84.2 Å². The predicted molar refractivity (Wildman–Crippen MR) is 72.8 cm³/mol. The zero-order valence-electron chi connectivity index (χ0n) is 14.8. The van der Waals surface area contributed by atoms with Gasteiger partial charge in [0.1, 0.15) is 0 Å². The minimum atomic E-state index is -5.42. The molecule has 0 radical (unpaired) electrons. The second-order valence-electron chi connectivity index (χ2n) is 7.48. The zero-order valence-corrected chi connectivity index (χ0v) is 14.8. The first-order chi connectivity index (χ1) is 10.8. The van der Waals surface area contributed by atoms with E-state index in [9.17, 15) is 26.3 Å². The van der Waals surface area contributed by atoms with E-state index in [1.54, 1.807) is 0 Å². The summed E-state index contributed by atoms with van der Waals surface area (Å²) in [4.78, 5) is 0. The molecule has 1 heterocycles. The summed E-state index contributed by atoms with van der Waals surface area (Å²) >= 11 is 0. The molecule has 2 unspecified atom stereocenters. The van der Waals surface area contributed by atoms with E-state index in [1.807, 2.05) is 0 Å². The van der Waals surface area contributed by atoms with Crippen LogP contribution in [0.1, 0.15) is 54.4 Å². The van der Waals surface area contributed by atoms with Crippen LogP contribution >= 0.6 is 0 Å². The monoisotopic (exact) mass is 386 g/mol. The third kappa shape index (κ3) is 2.74. The Labute approximate surface area is 140 Å². The van der Waals surface area contributed by atoms with Gasteiger partial charge >= 0.3 is 29.8 Å². The van der Waals surface area contributed by atoms with Crippen molar-refractivity contribution in [2.75, 3.05) is 0 Å². The minimum absolute atomic E-state index is 0.542. The van der Waals surface area contributed by atoms with Crippen molar-refractivity contribution in [1.82, 2.24) is 0 Å². The number of ether oxygens (including phenoxy) is 2. The van der Waals surface area contributed by atoms with Crippen LogP contribution in [0.5, 0.6) is 0 Å². The minimum Gasteiger partial charge on any atom is -0.246 e. The first kappa shape index (κ1) is 22.4. The molecule has 0 N–H and O–H groups in total. The van der Waals surface area contributed by atoms with Gasteiger partial charge in [-0.1, -0.05) is 41.5 Å². The fourth-order valence-electron chi connectivity index (χ4n) is 2.33. The van der Waals surface area contributed by atoms with Crippen molar-refractivity contribution in [3.63, 3.8) is 0 Å². The number of hydrogen-bond acceptors (Lipinski definition) is 2. The summed E-state index contributed by atoms with van der Waals surface area (Å²) in [5.74, 6) is -21.0. The topological polar surface area (TPSA) is 18.5 Å². The number of alkyl halides is 8. The lowest BCUT2D eigenvalue weighted by molar-refractivity contribution is -0.403. The van der Waals surface area contributed by atoms with E-state index in [0.717, 1.165) is 41.5 Å². The van der Waals surface area contributed by atoms with E-state index in [-0.39, 0.29) is 0 Å². The average molecular weight is 386 g/mol. The van der Waals surface area contributed by atoms with E-state index in [4.69, 9.17) is 0 Å². The number of rotatable bonds is 6. The third-order valence-electron chi connectivity index (χ3n) is 5.21. The van der Waals surface area contributed by atoms with E-state index < -0.39 is 53.5 Å². The SMILES string of the molecule is CCC(C)(C)C(F)(F)C1(F)OC(F)(F)OC1(F)C(F)(F)C(C)(C)CC. The Kier molecular flexibility index (Phi) is 5.09. The molecule has 1 aliphatic heterocycles. The standard InChI is InChI=1S/C15H22F8O2/c1-7-9(3,4)11(16,17)13(20)14(21,25-15(22,23)24-13)12(18,19)10(5,6)8-2/h7-8H2,1-6H3. The highest BCUT2D eigenvalue weighted by molar-refractivity contribution is 5.14. The van der Waals surface area contributed by atoms with Crippen molar-refractivity contribution in [3.05, 3.63) is 0 Å². The normalized spacial score (nSPS) is 31.4. The summed E-state index contributed by atoms with van der Waals surface area (Å²) < 4.78 is 122. The van der Waals surface area contributed by atoms with E-state index in [1.165, 1.54) is 0 Å². The van der Waals surface area contributed by atoms with Gasteiger partial charge in [0.05, 0.1) is 0 Å². The van der Waals surface area contributed by atoms with Crippen LogP contribution in [0.25, 0.3) is 0 Å². The molecule has 2 atom stereocenters. The molecule has 0 aromatic heterocycles. The second kappa shape index (κ2) is 5.68. The van der Waals surface area contributed by atoms with Crippen molar-refractivity contribution in [3.8, 4) is 0 Å². The second-order valence-corrected chi connectivity index (χ2v) is 7.48. The molecule has 1 aliphatic rings. The van der Waals surface area contributed by atoms with E-state index in [0.29, 0.717) is 0 Å². The van der Waals surface area contributed by atoms with E-state index >= 15 is 8.78 Å². The molecule has 0 aliphatic carbocycles. The maximum Gasteiger partial charge on any atom is 0.491 e. The first-order valence-corrected chi connectivity index (χ1v) is 7.70. The van der Waals surface area contributed by atoms with Gasteiger partial charge in [-0.05, 0) is 12.8 Å². The summed E-state index contributed by atoms with van der Waals surface area (Å²) in [6, 6.07) is 0. The van der Waals surface area contributed by atoms with Crippen molar-refractivity contribution < 1.29 is 44.6 Å². The molecule has 0 bridgehead atoms. The lowest BCUT2D eigenvalue weighted by atomic mass is 9.71. The lowest BCUT2D eigenvalue weighted by Crippen LogP contribution is -2.71. The van der Waals surface area contributed by atoms with Crippen LogP contribution in [-0.4, -0.2) is 29.8 Å². The molecule has 1 saturated heterocycles. The summed E-state index contributed by atoms with van der Waals surface area (Å²) in [5.41, 5.74) is -4.98. The Morgan fingerprint density at radius 1 is 0.640 bits per heavy atom. The largest absolute Gasteiger partial charge is 0.491 e. The Morgan fingerprint density at radius 2 is 0.880 bits per heavy atom. The molecule has 0 aromatic carbocycles. The van der Waals surface area contributed by atoms with Gasteiger partial charge in [-0.25, -0.2) is 9.47 Å². The number of halogens is 8. The Balaban J connectivity index is 3.72. The predicted octanol–water partition coefficient (Wildman–Crippen LogP) is 6.06. The van der Waals surface area contributed by atoms with Gasteiger partial charge < -0.3 is 0 Å². The highest BCUT2D eigenvalue weighted by atomic mass is 19.3. The highest BCUT2D eigenvalue weighted by Crippen LogP contribution is 2.66. The lowest BCUT2D eigenvalue weighted by Gasteiger charge is -2.47. The zero-order chi connectivity index (χ0) is 20.3. The van der Waals surface area contributed by atoms with Gasteiger partial charge in [-0.2, -0.15) is 26.3 Å². The molecule has 0 amide bonds. The Bertz CT molecular complexity index is 476. The van der Waals surface area contributed by atoms with Gasteiger partial charge in [0.15, 0.2) is 0 Å². The molecule has 1 rings (SSSR count). The van der Waals surface area contributed by atoms with Crippen LogP contribution in [0.4, 0.5) is 35.1 Å². The molecule has 10 heteroatoms. The molecule has 25 heavy (non-hydrogen) atoms. The van der Waals surface area contributed by atoms with Crippen molar-refractivity contribution in [1.29, 1.82) is 0 Å². The van der Waals surface area contributed by atoms with Gasteiger partial charge in [0.25, 0.3) is 0 Å². The number of hydrogen-bond donors (Lipinski definition) is 0. The van der Waals surface area contributed by atoms with Crippen molar-refractivity contribution >= 4 is 0 Å². The molecular formula is C15H22F8O2. The molecular weight excluding hydrogens is 364 g/mol. The van der Waals surface area contributed by atoms with Crippen LogP contribution in [0.2, 0.25) is 0 Å². The van der Waals surface area contributed by atoms with Crippen LogP contribution in [-0.2, 0) is 9.47 Å². The van der Waals surface area contributed by atoms with Crippen LogP contribution in [0.3, 0.4) is 0 Å². The third-order valence-corrected chi connectivity index (χ3v) is 5.21. The Morgan fingerprint density at radius 3 is 1.08 bits per heavy atom. The van der Waals surface area contributed by atoms with Gasteiger partial charge in [-0.3, -0.25) is 0 Å². The van der Waals surface area contributed by atoms with Crippen molar-refractivity contribution in [2.24, 2.45) is 10.8 Å². The average Bonchev–Trinajstić information content (AvgIpc) is 2.65. The summed E-state index contributed by atoms with van der Waals surface area (Å²) in [7, 11) is 0. The molecule has 2 nitrogen and oxygen atoms in total.